The van der Waals surface area contributed by atoms with Gasteiger partial charge in [-0.15, -0.1) is 11.3 Å². The molecule has 0 radical (unpaired) electrons. The quantitative estimate of drug-likeness (QED) is 0.875. The molecule has 0 saturated heterocycles. The molecule has 1 aromatic rings. The second kappa shape index (κ2) is 5.48. The van der Waals surface area contributed by atoms with Crippen LogP contribution in [0.2, 0.25) is 0 Å². The minimum Gasteiger partial charge on any atom is -0.476 e. The zero-order valence-electron chi connectivity index (χ0n) is 10.2. The number of nitrogens with one attached hydrogen (secondary N) is 1. The van der Waals surface area contributed by atoms with Gasteiger partial charge >= 0.3 is 5.97 Å². The van der Waals surface area contributed by atoms with Gasteiger partial charge in [-0.25, -0.2) is 9.78 Å². The predicted molar refractivity (Wildman–Crippen MR) is 67.9 cm³/mol. The summed E-state index contributed by atoms with van der Waals surface area (Å²) in [5, 5.41) is 11.5. The van der Waals surface area contributed by atoms with Crippen LogP contribution in [-0.2, 0) is 0 Å². The van der Waals surface area contributed by atoms with Crippen LogP contribution in [0.1, 0.15) is 45.7 Å². The van der Waals surface area contributed by atoms with E-state index in [1.54, 1.807) is 0 Å². The van der Waals surface area contributed by atoms with Gasteiger partial charge < -0.3 is 10.4 Å². The van der Waals surface area contributed by atoms with Gasteiger partial charge in [0, 0.05) is 6.54 Å². The minimum absolute atomic E-state index is 0.0466. The van der Waals surface area contributed by atoms with Crippen LogP contribution in [-0.4, -0.2) is 28.5 Å². The molecule has 0 spiro atoms. The van der Waals surface area contributed by atoms with E-state index >= 15 is 0 Å². The van der Waals surface area contributed by atoms with Gasteiger partial charge in [0.15, 0.2) is 0 Å². The molecule has 2 unspecified atom stereocenters. The van der Waals surface area contributed by atoms with Gasteiger partial charge in [-0.3, -0.25) is 4.79 Å². The lowest BCUT2D eigenvalue weighted by Gasteiger charge is -2.09. The fourth-order valence-electron chi connectivity index (χ4n) is 2.31. The summed E-state index contributed by atoms with van der Waals surface area (Å²) >= 11 is 0.909. The van der Waals surface area contributed by atoms with Crippen molar-refractivity contribution in [3.63, 3.8) is 0 Å². The molecular formula is C12H16N2O3S. The molecule has 98 valence electrons. The van der Waals surface area contributed by atoms with E-state index in [1.165, 1.54) is 12.6 Å². The molecule has 1 aromatic heterocycles. The molecule has 0 aliphatic heterocycles. The number of carboxylic acid groups (broad SMARTS) is 1. The third-order valence-electron chi connectivity index (χ3n) is 3.27. The highest BCUT2D eigenvalue weighted by Gasteiger charge is 2.22. The Hall–Kier alpha value is -1.43. The Morgan fingerprint density at radius 2 is 2.33 bits per heavy atom. The van der Waals surface area contributed by atoms with E-state index in [2.05, 4.69) is 17.2 Å². The van der Waals surface area contributed by atoms with E-state index in [0.717, 1.165) is 30.1 Å². The second-order valence-electron chi connectivity index (χ2n) is 4.83. The lowest BCUT2D eigenvalue weighted by Crippen LogP contribution is -2.27. The summed E-state index contributed by atoms with van der Waals surface area (Å²) in [5.74, 6) is -0.0204. The van der Waals surface area contributed by atoms with Gasteiger partial charge in [-0.2, -0.15) is 0 Å². The van der Waals surface area contributed by atoms with E-state index in [-0.39, 0.29) is 10.9 Å². The second-order valence-corrected chi connectivity index (χ2v) is 5.86. The maximum Gasteiger partial charge on any atom is 0.365 e. The maximum absolute atomic E-state index is 11.8. The standard InChI is InChI=1S/C12H16N2O3S/c1-7-2-3-8(4-7)5-13-10(15)9-6-14-11(18-9)12(16)17/h6-8H,2-5H2,1H3,(H,13,15)(H,16,17). The summed E-state index contributed by atoms with van der Waals surface area (Å²) in [4.78, 5) is 26.5. The van der Waals surface area contributed by atoms with Gasteiger partial charge in [-0.05, 0) is 24.7 Å². The van der Waals surface area contributed by atoms with Crippen molar-refractivity contribution < 1.29 is 14.7 Å². The average molecular weight is 268 g/mol. The first kappa shape index (κ1) is 13.0. The largest absolute Gasteiger partial charge is 0.476 e. The number of rotatable bonds is 4. The van der Waals surface area contributed by atoms with Crippen LogP contribution in [0.25, 0.3) is 0 Å². The number of aromatic carboxylic acids is 1. The SMILES string of the molecule is CC1CCC(CNC(=O)c2cnc(C(=O)O)s2)C1. The third kappa shape index (κ3) is 3.07. The van der Waals surface area contributed by atoms with Crippen LogP contribution >= 0.6 is 11.3 Å². The Balaban J connectivity index is 1.85. The Morgan fingerprint density at radius 1 is 1.56 bits per heavy atom. The van der Waals surface area contributed by atoms with Crippen LogP contribution in [0.15, 0.2) is 6.20 Å². The first-order valence-electron chi connectivity index (χ1n) is 6.03. The lowest BCUT2D eigenvalue weighted by atomic mass is 10.1. The van der Waals surface area contributed by atoms with E-state index in [0.29, 0.717) is 17.3 Å². The van der Waals surface area contributed by atoms with Crippen molar-refractivity contribution in [3.05, 3.63) is 16.1 Å². The summed E-state index contributed by atoms with van der Waals surface area (Å²) in [6, 6.07) is 0. The molecule has 1 heterocycles. The molecule has 5 nitrogen and oxygen atoms in total. The Morgan fingerprint density at radius 3 is 2.89 bits per heavy atom. The van der Waals surface area contributed by atoms with E-state index in [1.807, 2.05) is 0 Å². The van der Waals surface area contributed by atoms with Gasteiger partial charge in [0.1, 0.15) is 4.88 Å². The van der Waals surface area contributed by atoms with Crippen LogP contribution in [0.5, 0.6) is 0 Å². The van der Waals surface area contributed by atoms with Gasteiger partial charge in [0.05, 0.1) is 6.20 Å². The first-order valence-corrected chi connectivity index (χ1v) is 6.85. The highest BCUT2D eigenvalue weighted by molar-refractivity contribution is 7.15. The summed E-state index contributed by atoms with van der Waals surface area (Å²) in [7, 11) is 0. The Labute approximate surface area is 109 Å². The Bertz CT molecular complexity index is 458. The predicted octanol–water partition coefficient (Wildman–Crippen LogP) is 2.01. The molecule has 1 aliphatic rings. The highest BCUT2D eigenvalue weighted by atomic mass is 32.1. The summed E-state index contributed by atoms with van der Waals surface area (Å²) in [6.07, 6.45) is 4.86. The molecular weight excluding hydrogens is 252 g/mol. The molecule has 2 N–H and O–H groups in total. The zero-order chi connectivity index (χ0) is 13.1. The molecule has 1 aliphatic carbocycles. The van der Waals surface area contributed by atoms with Crippen LogP contribution in [0, 0.1) is 11.8 Å². The van der Waals surface area contributed by atoms with Gasteiger partial charge in [0.2, 0.25) is 5.01 Å². The number of aromatic nitrogens is 1. The number of hydrogen-bond donors (Lipinski definition) is 2. The number of nitrogens with zero attached hydrogens (tertiary/aromatic N) is 1. The van der Waals surface area contributed by atoms with E-state index < -0.39 is 5.97 Å². The molecule has 2 rings (SSSR count). The summed E-state index contributed by atoms with van der Waals surface area (Å²) < 4.78 is 0. The molecule has 0 bridgehead atoms. The Kier molecular flexibility index (Phi) is 3.96. The fraction of sp³-hybridized carbons (Fsp3) is 0.583. The van der Waals surface area contributed by atoms with Gasteiger partial charge in [-0.1, -0.05) is 13.3 Å². The van der Waals surface area contributed by atoms with Crippen molar-refractivity contribution in [2.75, 3.05) is 6.54 Å². The normalized spacial score (nSPS) is 22.9. The van der Waals surface area contributed by atoms with Crippen LogP contribution < -0.4 is 5.32 Å². The van der Waals surface area contributed by atoms with E-state index in [9.17, 15) is 9.59 Å². The van der Waals surface area contributed by atoms with Crippen molar-refractivity contribution >= 4 is 23.2 Å². The summed E-state index contributed by atoms with van der Waals surface area (Å²) in [6.45, 7) is 2.90. The monoisotopic (exact) mass is 268 g/mol. The molecule has 2 atom stereocenters. The van der Waals surface area contributed by atoms with Crippen molar-refractivity contribution in [1.29, 1.82) is 0 Å². The molecule has 18 heavy (non-hydrogen) atoms. The van der Waals surface area contributed by atoms with Crippen molar-refractivity contribution in [1.82, 2.24) is 10.3 Å². The number of carbonyl (C=O) groups excluding carboxylic acids is 1. The smallest absolute Gasteiger partial charge is 0.365 e. The van der Waals surface area contributed by atoms with E-state index in [4.69, 9.17) is 5.11 Å². The summed E-state index contributed by atoms with van der Waals surface area (Å²) in [5.41, 5.74) is 0. The number of hydrogen-bond acceptors (Lipinski definition) is 4. The lowest BCUT2D eigenvalue weighted by molar-refractivity contribution is 0.0696. The van der Waals surface area contributed by atoms with Crippen molar-refractivity contribution in [2.45, 2.75) is 26.2 Å². The third-order valence-corrected chi connectivity index (χ3v) is 4.25. The molecule has 6 heteroatoms. The number of amides is 1. The zero-order valence-corrected chi connectivity index (χ0v) is 11.0. The molecule has 0 aromatic carbocycles. The van der Waals surface area contributed by atoms with Crippen molar-refractivity contribution in [3.8, 4) is 0 Å². The molecule has 1 saturated carbocycles. The maximum atomic E-state index is 11.8. The van der Waals surface area contributed by atoms with Crippen LogP contribution in [0.3, 0.4) is 0 Å². The van der Waals surface area contributed by atoms with Crippen LogP contribution in [0.4, 0.5) is 0 Å². The number of carbonyl (C=O) groups is 2. The molecule has 1 fully saturated rings. The van der Waals surface area contributed by atoms with Crippen molar-refractivity contribution in [2.24, 2.45) is 11.8 Å². The minimum atomic E-state index is -1.09. The number of thiazole rings is 1. The molecule has 1 amide bonds. The topological polar surface area (TPSA) is 79.3 Å². The first-order chi connectivity index (χ1) is 8.56. The number of carboxylic acids is 1. The average Bonchev–Trinajstić information content (AvgIpc) is 2.94. The highest BCUT2D eigenvalue weighted by Crippen LogP contribution is 2.29. The van der Waals surface area contributed by atoms with Gasteiger partial charge in [0.25, 0.3) is 5.91 Å². The fourth-order valence-corrected chi connectivity index (χ4v) is 2.98.